The third kappa shape index (κ3) is 1.92. The largest absolute Gasteiger partial charge is 0.336 e. The van der Waals surface area contributed by atoms with Crippen LogP contribution in [0, 0.1) is 11.8 Å². The average Bonchev–Trinajstić information content (AvgIpc) is 2.82. The van der Waals surface area contributed by atoms with Gasteiger partial charge in [-0.3, -0.25) is 0 Å². The van der Waals surface area contributed by atoms with Gasteiger partial charge < -0.3 is 4.57 Å². The summed E-state index contributed by atoms with van der Waals surface area (Å²) in [6.45, 7) is 7.05. The van der Waals surface area contributed by atoms with Crippen molar-refractivity contribution in [1.82, 2.24) is 4.57 Å². The minimum Gasteiger partial charge on any atom is -0.336 e. The summed E-state index contributed by atoms with van der Waals surface area (Å²) in [6, 6.07) is 18.2. The maximum absolute atomic E-state index is 2.60. The molecule has 0 saturated carbocycles. The first-order valence-electron chi connectivity index (χ1n) is 8.32. The first kappa shape index (κ1) is 13.6. The Balaban J connectivity index is 2.05. The molecule has 4 rings (SSSR count). The van der Waals surface area contributed by atoms with Crippen LogP contribution >= 0.6 is 0 Å². The molecule has 0 amide bonds. The first-order chi connectivity index (χ1) is 10.7. The second-order valence-corrected chi connectivity index (χ2v) is 6.95. The summed E-state index contributed by atoms with van der Waals surface area (Å²) in [5.41, 5.74) is 4.29. The summed E-state index contributed by atoms with van der Waals surface area (Å²) < 4.78 is 2.60. The zero-order valence-electron chi connectivity index (χ0n) is 13.6. The number of aromatic nitrogens is 1. The first-order valence-corrected chi connectivity index (χ1v) is 8.32. The Labute approximate surface area is 132 Å². The average molecular weight is 289 g/mol. The van der Waals surface area contributed by atoms with Gasteiger partial charge in [0.15, 0.2) is 0 Å². The number of hydrogen-bond acceptors (Lipinski definition) is 0. The van der Waals surface area contributed by atoms with E-state index in [1.165, 1.54) is 33.8 Å². The van der Waals surface area contributed by atoms with Crippen LogP contribution in [0.4, 0.5) is 0 Å². The SMILES string of the molecule is CC1=CC(C)C(n2c3ccccc3c3ccccc32)C(C)C1. The Kier molecular flexibility index (Phi) is 3.11. The summed E-state index contributed by atoms with van der Waals surface area (Å²) >= 11 is 0. The highest BCUT2D eigenvalue weighted by Crippen LogP contribution is 2.42. The van der Waals surface area contributed by atoms with Crippen molar-refractivity contribution in [2.45, 2.75) is 33.2 Å². The van der Waals surface area contributed by atoms with Crippen LogP contribution in [0.1, 0.15) is 33.2 Å². The molecule has 0 fully saturated rings. The van der Waals surface area contributed by atoms with Crippen LogP contribution < -0.4 is 0 Å². The second-order valence-electron chi connectivity index (χ2n) is 6.95. The molecule has 3 unspecified atom stereocenters. The third-order valence-electron chi connectivity index (χ3n) is 5.23. The van der Waals surface area contributed by atoms with E-state index < -0.39 is 0 Å². The Morgan fingerprint density at radius 2 is 1.41 bits per heavy atom. The van der Waals surface area contributed by atoms with Gasteiger partial charge in [-0.15, -0.1) is 0 Å². The molecule has 112 valence electrons. The minimum atomic E-state index is 0.536. The van der Waals surface area contributed by atoms with Gasteiger partial charge in [-0.25, -0.2) is 0 Å². The van der Waals surface area contributed by atoms with E-state index >= 15 is 0 Å². The van der Waals surface area contributed by atoms with Crippen LogP contribution in [-0.2, 0) is 0 Å². The lowest BCUT2D eigenvalue weighted by atomic mass is 9.80. The molecule has 0 spiro atoms. The van der Waals surface area contributed by atoms with E-state index in [1.54, 1.807) is 0 Å². The molecule has 3 aromatic rings. The Hall–Kier alpha value is -2.02. The molecule has 1 aliphatic rings. The fourth-order valence-corrected chi connectivity index (χ4v) is 4.53. The normalized spacial score (nSPS) is 25.6. The van der Waals surface area contributed by atoms with E-state index in [4.69, 9.17) is 0 Å². The van der Waals surface area contributed by atoms with Crippen molar-refractivity contribution in [1.29, 1.82) is 0 Å². The topological polar surface area (TPSA) is 4.93 Å². The lowest BCUT2D eigenvalue weighted by Gasteiger charge is -2.35. The maximum Gasteiger partial charge on any atom is 0.0494 e. The quantitative estimate of drug-likeness (QED) is 0.487. The van der Waals surface area contributed by atoms with Crippen molar-refractivity contribution < 1.29 is 0 Å². The van der Waals surface area contributed by atoms with Gasteiger partial charge in [0, 0.05) is 27.8 Å². The fraction of sp³-hybridized carbons (Fsp3) is 0.333. The molecule has 3 atom stereocenters. The number of rotatable bonds is 1. The molecule has 1 heteroatoms. The monoisotopic (exact) mass is 289 g/mol. The molecule has 1 nitrogen and oxygen atoms in total. The van der Waals surface area contributed by atoms with Crippen molar-refractivity contribution >= 4 is 21.8 Å². The van der Waals surface area contributed by atoms with Crippen molar-refractivity contribution in [3.63, 3.8) is 0 Å². The predicted octanol–water partition coefficient (Wildman–Crippen LogP) is 5.96. The van der Waals surface area contributed by atoms with Gasteiger partial charge in [-0.1, -0.05) is 61.9 Å². The van der Waals surface area contributed by atoms with Gasteiger partial charge in [-0.2, -0.15) is 0 Å². The number of fused-ring (bicyclic) bond motifs is 3. The molecule has 2 aromatic carbocycles. The summed E-state index contributed by atoms with van der Waals surface area (Å²) in [5.74, 6) is 1.24. The molecule has 22 heavy (non-hydrogen) atoms. The van der Waals surface area contributed by atoms with E-state index in [0.717, 1.165) is 0 Å². The van der Waals surface area contributed by atoms with Crippen molar-refractivity contribution in [3.05, 3.63) is 60.2 Å². The second kappa shape index (κ2) is 5.01. The van der Waals surface area contributed by atoms with Gasteiger partial charge in [0.1, 0.15) is 0 Å². The number of nitrogens with zero attached hydrogens (tertiary/aromatic N) is 1. The molecule has 0 aliphatic heterocycles. The highest BCUT2D eigenvalue weighted by atomic mass is 15.0. The van der Waals surface area contributed by atoms with Gasteiger partial charge in [0.25, 0.3) is 0 Å². The highest BCUT2D eigenvalue weighted by Gasteiger charge is 2.30. The number of para-hydroxylation sites is 2. The lowest BCUT2D eigenvalue weighted by molar-refractivity contribution is 0.285. The number of hydrogen-bond donors (Lipinski definition) is 0. The van der Waals surface area contributed by atoms with E-state index in [2.05, 4.69) is 79.9 Å². The zero-order valence-corrected chi connectivity index (χ0v) is 13.6. The summed E-state index contributed by atoms with van der Waals surface area (Å²) in [4.78, 5) is 0. The molecule has 0 saturated heterocycles. The lowest BCUT2D eigenvalue weighted by Crippen LogP contribution is -2.26. The van der Waals surface area contributed by atoms with E-state index in [0.29, 0.717) is 17.9 Å². The molecular formula is C21H23N. The van der Waals surface area contributed by atoms with Gasteiger partial charge in [0.2, 0.25) is 0 Å². The molecule has 0 N–H and O–H groups in total. The Bertz CT molecular complexity index is 815. The third-order valence-corrected chi connectivity index (χ3v) is 5.23. The van der Waals surface area contributed by atoms with Crippen molar-refractivity contribution in [3.8, 4) is 0 Å². The van der Waals surface area contributed by atoms with Gasteiger partial charge in [-0.05, 0) is 37.3 Å². The molecular weight excluding hydrogens is 266 g/mol. The summed E-state index contributed by atoms with van der Waals surface area (Å²) in [5, 5.41) is 2.76. The van der Waals surface area contributed by atoms with Crippen LogP contribution in [0.2, 0.25) is 0 Å². The summed E-state index contributed by atoms with van der Waals surface area (Å²) in [7, 11) is 0. The van der Waals surface area contributed by atoms with Crippen LogP contribution in [0.5, 0.6) is 0 Å². The summed E-state index contributed by atoms with van der Waals surface area (Å²) in [6.07, 6.45) is 3.67. The number of benzene rings is 2. The Morgan fingerprint density at radius 1 is 0.864 bits per heavy atom. The smallest absolute Gasteiger partial charge is 0.0494 e. The minimum absolute atomic E-state index is 0.536. The molecule has 1 heterocycles. The zero-order chi connectivity index (χ0) is 15.3. The maximum atomic E-state index is 2.60. The number of allylic oxidation sites excluding steroid dienone is 2. The molecule has 0 radical (unpaired) electrons. The predicted molar refractivity (Wildman–Crippen MR) is 95.2 cm³/mol. The van der Waals surface area contributed by atoms with Crippen LogP contribution in [-0.4, -0.2) is 4.57 Å². The molecule has 1 aromatic heterocycles. The van der Waals surface area contributed by atoms with E-state index in [1.807, 2.05) is 0 Å². The van der Waals surface area contributed by atoms with E-state index in [-0.39, 0.29) is 0 Å². The Morgan fingerprint density at radius 3 is 1.95 bits per heavy atom. The standard InChI is InChI=1S/C21H23N/c1-14-12-15(2)21(16(3)13-14)22-19-10-6-4-8-17(19)18-9-5-7-11-20(18)22/h4-12,15-16,21H,13H2,1-3H3. The van der Waals surface area contributed by atoms with Crippen molar-refractivity contribution in [2.75, 3.05) is 0 Å². The molecule has 1 aliphatic carbocycles. The van der Waals surface area contributed by atoms with Gasteiger partial charge >= 0.3 is 0 Å². The van der Waals surface area contributed by atoms with E-state index in [9.17, 15) is 0 Å². The van der Waals surface area contributed by atoms with Gasteiger partial charge in [0.05, 0.1) is 0 Å². The fourth-order valence-electron chi connectivity index (χ4n) is 4.53. The van der Waals surface area contributed by atoms with Crippen molar-refractivity contribution in [2.24, 2.45) is 11.8 Å². The van der Waals surface area contributed by atoms with Crippen LogP contribution in [0.15, 0.2) is 60.2 Å². The van der Waals surface area contributed by atoms with Crippen LogP contribution in [0.3, 0.4) is 0 Å². The van der Waals surface area contributed by atoms with Crippen LogP contribution in [0.25, 0.3) is 21.8 Å². The molecule has 0 bridgehead atoms. The highest BCUT2D eigenvalue weighted by molar-refractivity contribution is 6.08.